The van der Waals surface area contributed by atoms with Crippen LogP contribution < -0.4 is 10.1 Å². The normalized spacial score (nSPS) is 10.7. The minimum atomic E-state index is -0.182. The van der Waals surface area contributed by atoms with Crippen LogP contribution in [0.3, 0.4) is 0 Å². The molecule has 0 unspecified atom stereocenters. The van der Waals surface area contributed by atoms with E-state index in [2.05, 4.69) is 15.5 Å². The van der Waals surface area contributed by atoms with Crippen LogP contribution in [-0.2, 0) is 4.79 Å². The first-order valence-corrected chi connectivity index (χ1v) is 10.8. The Hall–Kier alpha value is -3.85. The summed E-state index contributed by atoms with van der Waals surface area (Å²) in [6.45, 7) is 1.51. The average molecular weight is 448 g/mol. The monoisotopic (exact) mass is 447 g/mol. The summed E-state index contributed by atoms with van der Waals surface area (Å²) < 4.78 is 8.94. The molecule has 0 fully saturated rings. The highest BCUT2D eigenvalue weighted by Gasteiger charge is 2.17. The zero-order valence-corrected chi connectivity index (χ0v) is 18.4. The molecule has 0 aliphatic rings. The van der Waals surface area contributed by atoms with Gasteiger partial charge in [0.25, 0.3) is 0 Å². The van der Waals surface area contributed by atoms with Crippen LogP contribution in [0.4, 0.5) is 5.69 Å². The molecular formula is C23H21N5O3S. The maximum absolute atomic E-state index is 12.5. The summed E-state index contributed by atoms with van der Waals surface area (Å²) in [5, 5.41) is 12.1. The maximum Gasteiger partial charge on any atom is 0.234 e. The fraction of sp³-hybridized carbons (Fsp3) is 0.130. The van der Waals surface area contributed by atoms with Gasteiger partial charge in [0, 0.05) is 29.2 Å². The molecule has 4 aromatic rings. The van der Waals surface area contributed by atoms with Crippen molar-refractivity contribution in [3.05, 3.63) is 78.6 Å². The summed E-state index contributed by atoms with van der Waals surface area (Å²) in [6, 6.07) is 18.2. The van der Waals surface area contributed by atoms with E-state index in [1.54, 1.807) is 31.4 Å². The Balaban J connectivity index is 1.51. The summed E-state index contributed by atoms with van der Waals surface area (Å²) in [5.41, 5.74) is 2.10. The first-order valence-electron chi connectivity index (χ1n) is 9.82. The lowest BCUT2D eigenvalue weighted by Crippen LogP contribution is -2.16. The topological polar surface area (TPSA) is 91.0 Å². The largest absolute Gasteiger partial charge is 0.497 e. The van der Waals surface area contributed by atoms with E-state index in [1.165, 1.54) is 18.7 Å². The van der Waals surface area contributed by atoms with Crippen molar-refractivity contribution >= 4 is 29.1 Å². The van der Waals surface area contributed by atoms with Crippen molar-refractivity contribution in [2.24, 2.45) is 0 Å². The van der Waals surface area contributed by atoms with Crippen molar-refractivity contribution in [3.8, 4) is 17.1 Å². The number of ether oxygens (including phenoxy) is 1. The van der Waals surface area contributed by atoms with Gasteiger partial charge in [-0.15, -0.1) is 10.2 Å². The standard InChI is InChI=1S/C23H21N5O3S/c1-16(29)17-5-9-19(10-6-17)24-21(30)15-32-23-26-25-22(28(23)27-13-3-4-14-27)18-7-11-20(31-2)12-8-18/h3-14H,15H2,1-2H3,(H,24,30). The Labute approximate surface area is 189 Å². The zero-order chi connectivity index (χ0) is 22.5. The third kappa shape index (κ3) is 4.73. The fourth-order valence-corrected chi connectivity index (χ4v) is 3.79. The molecule has 4 rings (SSSR count). The van der Waals surface area contributed by atoms with Gasteiger partial charge in [0.05, 0.1) is 12.9 Å². The zero-order valence-electron chi connectivity index (χ0n) is 17.6. The second kappa shape index (κ2) is 9.52. The van der Waals surface area contributed by atoms with Crippen LogP contribution >= 0.6 is 11.8 Å². The highest BCUT2D eigenvalue weighted by atomic mass is 32.2. The van der Waals surface area contributed by atoms with Crippen molar-refractivity contribution < 1.29 is 14.3 Å². The number of nitrogens with one attached hydrogen (secondary N) is 1. The van der Waals surface area contributed by atoms with Gasteiger partial charge in [-0.3, -0.25) is 14.3 Å². The third-order valence-corrected chi connectivity index (χ3v) is 5.61. The van der Waals surface area contributed by atoms with Gasteiger partial charge in [-0.2, -0.15) is 0 Å². The van der Waals surface area contributed by atoms with Crippen molar-refractivity contribution in [1.82, 2.24) is 19.5 Å². The molecule has 162 valence electrons. The van der Waals surface area contributed by atoms with Gasteiger partial charge >= 0.3 is 0 Å². The number of thioether (sulfide) groups is 1. The molecule has 0 aliphatic carbocycles. The highest BCUT2D eigenvalue weighted by molar-refractivity contribution is 7.99. The molecule has 0 aliphatic heterocycles. The number of hydrogen-bond acceptors (Lipinski definition) is 6. The summed E-state index contributed by atoms with van der Waals surface area (Å²) in [4.78, 5) is 23.9. The van der Waals surface area contributed by atoms with Gasteiger partial charge in [0.2, 0.25) is 11.1 Å². The van der Waals surface area contributed by atoms with Crippen LogP contribution in [0, 0.1) is 0 Å². The number of Topliss-reactive ketones (excluding diaryl/α,β-unsaturated/α-hetero) is 1. The van der Waals surface area contributed by atoms with Gasteiger partial charge in [0.1, 0.15) is 5.75 Å². The van der Waals surface area contributed by atoms with Gasteiger partial charge in [0.15, 0.2) is 11.6 Å². The molecule has 0 atom stereocenters. The molecule has 0 spiro atoms. The molecule has 0 saturated carbocycles. The maximum atomic E-state index is 12.5. The summed E-state index contributed by atoms with van der Waals surface area (Å²) in [7, 11) is 1.62. The Morgan fingerprint density at radius 2 is 1.69 bits per heavy atom. The number of carbonyl (C=O) groups is 2. The number of rotatable bonds is 8. The lowest BCUT2D eigenvalue weighted by Gasteiger charge is -2.11. The van der Waals surface area contributed by atoms with E-state index in [0.717, 1.165) is 11.3 Å². The molecule has 32 heavy (non-hydrogen) atoms. The molecule has 2 heterocycles. The molecular weight excluding hydrogens is 426 g/mol. The Kier molecular flexibility index (Phi) is 6.37. The van der Waals surface area contributed by atoms with E-state index in [0.29, 0.717) is 22.2 Å². The highest BCUT2D eigenvalue weighted by Crippen LogP contribution is 2.26. The van der Waals surface area contributed by atoms with Crippen LogP contribution in [0.2, 0.25) is 0 Å². The number of carbonyl (C=O) groups excluding carboxylic acids is 2. The molecule has 0 bridgehead atoms. The van der Waals surface area contributed by atoms with E-state index in [9.17, 15) is 9.59 Å². The van der Waals surface area contributed by atoms with Gasteiger partial charge in [-0.25, -0.2) is 4.68 Å². The molecule has 8 nitrogen and oxygen atoms in total. The third-order valence-electron chi connectivity index (χ3n) is 4.69. The number of amides is 1. The van der Waals surface area contributed by atoms with Crippen LogP contribution in [-0.4, -0.2) is 44.1 Å². The lowest BCUT2D eigenvalue weighted by molar-refractivity contribution is -0.113. The molecule has 1 N–H and O–H groups in total. The number of ketones is 1. The molecule has 2 aromatic carbocycles. The lowest BCUT2D eigenvalue weighted by atomic mass is 10.1. The summed E-state index contributed by atoms with van der Waals surface area (Å²) in [5.74, 6) is 1.35. The van der Waals surface area contributed by atoms with Gasteiger partial charge in [-0.05, 0) is 67.6 Å². The second-order valence-electron chi connectivity index (χ2n) is 6.88. The predicted octanol–water partition coefficient (Wildman–Crippen LogP) is 4.00. The first kappa shape index (κ1) is 21.4. The Bertz CT molecular complexity index is 1220. The SMILES string of the molecule is COc1ccc(-c2nnc(SCC(=O)Nc3ccc(C(C)=O)cc3)n2-n2cccc2)cc1. The molecule has 1 amide bonds. The average Bonchev–Trinajstić information content (AvgIpc) is 3.48. The van der Waals surface area contributed by atoms with Crippen LogP contribution in [0.15, 0.2) is 78.2 Å². The van der Waals surface area contributed by atoms with E-state index in [-0.39, 0.29) is 17.4 Å². The number of benzene rings is 2. The van der Waals surface area contributed by atoms with Crippen molar-refractivity contribution in [3.63, 3.8) is 0 Å². The van der Waals surface area contributed by atoms with Crippen molar-refractivity contribution in [1.29, 1.82) is 0 Å². The van der Waals surface area contributed by atoms with E-state index >= 15 is 0 Å². The Morgan fingerprint density at radius 3 is 2.31 bits per heavy atom. The van der Waals surface area contributed by atoms with Gasteiger partial charge in [-0.1, -0.05) is 11.8 Å². The minimum absolute atomic E-state index is 0.0181. The first-order chi connectivity index (χ1) is 15.5. The summed E-state index contributed by atoms with van der Waals surface area (Å²) >= 11 is 1.28. The van der Waals surface area contributed by atoms with Crippen LogP contribution in [0.1, 0.15) is 17.3 Å². The quantitative estimate of drug-likeness (QED) is 0.324. The van der Waals surface area contributed by atoms with E-state index in [1.807, 2.05) is 58.1 Å². The molecule has 2 aromatic heterocycles. The fourth-order valence-electron chi connectivity index (χ4n) is 3.06. The van der Waals surface area contributed by atoms with Crippen LogP contribution in [0.5, 0.6) is 5.75 Å². The number of anilines is 1. The van der Waals surface area contributed by atoms with E-state index in [4.69, 9.17) is 4.74 Å². The molecule has 0 saturated heterocycles. The molecule has 9 heteroatoms. The second-order valence-corrected chi connectivity index (χ2v) is 7.82. The number of hydrogen-bond donors (Lipinski definition) is 1. The van der Waals surface area contributed by atoms with Crippen LogP contribution in [0.25, 0.3) is 11.4 Å². The van der Waals surface area contributed by atoms with E-state index < -0.39 is 0 Å². The predicted molar refractivity (Wildman–Crippen MR) is 123 cm³/mol. The summed E-state index contributed by atoms with van der Waals surface area (Å²) in [6.07, 6.45) is 3.77. The smallest absolute Gasteiger partial charge is 0.234 e. The molecule has 0 radical (unpaired) electrons. The number of aromatic nitrogens is 4. The van der Waals surface area contributed by atoms with Crippen molar-refractivity contribution in [2.75, 3.05) is 18.2 Å². The number of methoxy groups -OCH3 is 1. The van der Waals surface area contributed by atoms with Crippen molar-refractivity contribution in [2.45, 2.75) is 12.1 Å². The van der Waals surface area contributed by atoms with Gasteiger partial charge < -0.3 is 10.1 Å². The number of nitrogens with zero attached hydrogens (tertiary/aromatic N) is 4. The Morgan fingerprint density at radius 1 is 1.00 bits per heavy atom. The minimum Gasteiger partial charge on any atom is -0.497 e.